The Kier molecular flexibility index (Phi) is 3.08. The van der Waals surface area contributed by atoms with Crippen LogP contribution >= 0.6 is 0 Å². The van der Waals surface area contributed by atoms with Crippen molar-refractivity contribution in [3.05, 3.63) is 66.4 Å². The fourth-order valence-corrected chi connectivity index (χ4v) is 2.88. The maximum atomic E-state index is 12.2. The predicted molar refractivity (Wildman–Crippen MR) is 90.4 cm³/mol. The summed E-state index contributed by atoms with van der Waals surface area (Å²) in [5.41, 5.74) is 4.06. The number of benzene rings is 2. The molecule has 0 unspecified atom stereocenters. The number of esters is 1. The van der Waals surface area contributed by atoms with Crippen molar-refractivity contribution in [1.29, 1.82) is 0 Å². The van der Waals surface area contributed by atoms with Crippen molar-refractivity contribution >= 4 is 27.8 Å². The lowest BCUT2D eigenvalue weighted by molar-refractivity contribution is 0.0603. The molecular weight excluding hydrogens is 288 g/mol. The number of aromatic nitrogens is 2. The Morgan fingerprint density at radius 2 is 1.78 bits per heavy atom. The number of nitrogens with one attached hydrogen (secondary N) is 1. The molecule has 0 aliphatic carbocycles. The predicted octanol–water partition coefficient (Wildman–Crippen LogP) is 4.17. The van der Waals surface area contributed by atoms with Gasteiger partial charge in [0, 0.05) is 28.0 Å². The molecule has 4 rings (SSSR count). The minimum Gasteiger partial charge on any atom is -0.465 e. The summed E-state index contributed by atoms with van der Waals surface area (Å²) in [4.78, 5) is 20.1. The molecule has 1 N–H and O–H groups in total. The van der Waals surface area contributed by atoms with Crippen molar-refractivity contribution in [2.45, 2.75) is 0 Å². The second kappa shape index (κ2) is 5.25. The van der Waals surface area contributed by atoms with Gasteiger partial charge in [-0.15, -0.1) is 0 Å². The molecule has 0 atom stereocenters. The van der Waals surface area contributed by atoms with Gasteiger partial charge in [0.2, 0.25) is 0 Å². The number of hydrogen-bond donors (Lipinski definition) is 1. The summed E-state index contributed by atoms with van der Waals surface area (Å²) in [5, 5.41) is 1.87. The van der Waals surface area contributed by atoms with Crippen LogP contribution in [0.5, 0.6) is 0 Å². The molecule has 0 bridgehead atoms. The zero-order chi connectivity index (χ0) is 15.8. The van der Waals surface area contributed by atoms with Gasteiger partial charge in [-0.3, -0.25) is 0 Å². The van der Waals surface area contributed by atoms with Crippen LogP contribution < -0.4 is 0 Å². The van der Waals surface area contributed by atoms with Crippen molar-refractivity contribution in [3.63, 3.8) is 0 Å². The van der Waals surface area contributed by atoms with Crippen LogP contribution in [0.4, 0.5) is 0 Å². The number of methoxy groups -OCH3 is 1. The van der Waals surface area contributed by atoms with Gasteiger partial charge in [-0.1, -0.05) is 36.4 Å². The van der Waals surface area contributed by atoms with Crippen LogP contribution in [-0.2, 0) is 4.74 Å². The van der Waals surface area contributed by atoms with Gasteiger partial charge in [0.25, 0.3) is 0 Å². The first-order valence-electron chi connectivity index (χ1n) is 7.32. The maximum Gasteiger partial charge on any atom is 0.338 e. The van der Waals surface area contributed by atoms with Crippen molar-refractivity contribution in [2.75, 3.05) is 7.11 Å². The Morgan fingerprint density at radius 3 is 2.61 bits per heavy atom. The third-order valence-electron chi connectivity index (χ3n) is 3.99. The summed E-state index contributed by atoms with van der Waals surface area (Å²) in [7, 11) is 1.39. The van der Waals surface area contributed by atoms with Crippen LogP contribution in [0.3, 0.4) is 0 Å². The number of para-hydroxylation sites is 2. The maximum absolute atomic E-state index is 12.2. The highest BCUT2D eigenvalue weighted by molar-refractivity contribution is 6.06. The molecule has 2 aromatic carbocycles. The number of carbonyl (C=O) groups is 1. The highest BCUT2D eigenvalue weighted by Gasteiger charge is 2.15. The number of carbonyl (C=O) groups excluding carboxylic acids is 1. The Hall–Kier alpha value is -3.14. The van der Waals surface area contributed by atoms with Gasteiger partial charge in [0.05, 0.1) is 23.9 Å². The van der Waals surface area contributed by atoms with Crippen LogP contribution in [-0.4, -0.2) is 23.0 Å². The average Bonchev–Trinajstić information content (AvgIpc) is 3.04. The van der Waals surface area contributed by atoms with Gasteiger partial charge in [0.15, 0.2) is 0 Å². The zero-order valence-electron chi connectivity index (χ0n) is 12.5. The van der Waals surface area contributed by atoms with E-state index < -0.39 is 0 Å². The molecular formula is C19H14N2O2. The molecule has 0 aliphatic rings. The number of H-pyrrole nitrogens is 1. The SMILES string of the molecule is COC(=O)c1cc(-c2c[nH]c3ccccc23)nc2ccccc12. The Labute approximate surface area is 132 Å². The lowest BCUT2D eigenvalue weighted by atomic mass is 10.0. The van der Waals surface area contributed by atoms with Gasteiger partial charge in [-0.25, -0.2) is 9.78 Å². The number of aromatic amines is 1. The Bertz CT molecular complexity index is 1030. The van der Waals surface area contributed by atoms with Gasteiger partial charge in [-0.05, 0) is 18.2 Å². The van der Waals surface area contributed by atoms with Crippen LogP contribution in [0.15, 0.2) is 60.8 Å². The van der Waals surface area contributed by atoms with Crippen LogP contribution in [0.1, 0.15) is 10.4 Å². The summed E-state index contributed by atoms with van der Waals surface area (Å²) >= 11 is 0. The topological polar surface area (TPSA) is 55.0 Å². The van der Waals surface area contributed by atoms with Gasteiger partial charge >= 0.3 is 5.97 Å². The number of rotatable bonds is 2. The first-order chi connectivity index (χ1) is 11.3. The summed E-state index contributed by atoms with van der Waals surface area (Å²) < 4.78 is 4.93. The molecule has 23 heavy (non-hydrogen) atoms. The van der Waals surface area contributed by atoms with Crippen molar-refractivity contribution in [2.24, 2.45) is 0 Å². The second-order valence-corrected chi connectivity index (χ2v) is 5.31. The molecule has 0 amide bonds. The van der Waals surface area contributed by atoms with Crippen molar-refractivity contribution < 1.29 is 9.53 Å². The Balaban J connectivity index is 2.02. The van der Waals surface area contributed by atoms with E-state index >= 15 is 0 Å². The van der Waals surface area contributed by atoms with E-state index in [0.29, 0.717) is 5.56 Å². The highest BCUT2D eigenvalue weighted by Crippen LogP contribution is 2.30. The normalized spacial score (nSPS) is 11.0. The van der Waals surface area contributed by atoms with Gasteiger partial charge in [0.1, 0.15) is 0 Å². The highest BCUT2D eigenvalue weighted by atomic mass is 16.5. The molecule has 112 valence electrons. The van der Waals surface area contributed by atoms with E-state index in [1.807, 2.05) is 54.7 Å². The van der Waals surface area contributed by atoms with Crippen LogP contribution in [0.2, 0.25) is 0 Å². The summed E-state index contributed by atoms with van der Waals surface area (Å²) in [6.07, 6.45) is 1.92. The number of hydrogen-bond acceptors (Lipinski definition) is 3. The number of nitrogens with zero attached hydrogens (tertiary/aromatic N) is 1. The first kappa shape index (κ1) is 13.5. The molecule has 2 heterocycles. The zero-order valence-corrected chi connectivity index (χ0v) is 12.5. The molecule has 2 aromatic heterocycles. The van der Waals surface area contributed by atoms with Crippen molar-refractivity contribution in [3.8, 4) is 11.3 Å². The lowest BCUT2D eigenvalue weighted by Gasteiger charge is -2.08. The van der Waals surface area contributed by atoms with E-state index in [1.54, 1.807) is 6.07 Å². The standard InChI is InChI=1S/C19H14N2O2/c1-23-19(22)14-10-18(21-17-9-5-3-6-12(14)17)15-11-20-16-8-4-2-7-13(15)16/h2-11,20H,1H3. The molecule has 0 saturated carbocycles. The molecule has 0 saturated heterocycles. The van der Waals surface area contributed by atoms with Crippen LogP contribution in [0, 0.1) is 0 Å². The number of fused-ring (bicyclic) bond motifs is 2. The molecule has 0 spiro atoms. The molecule has 0 aliphatic heterocycles. The average molecular weight is 302 g/mol. The molecule has 4 heteroatoms. The molecule has 0 radical (unpaired) electrons. The minimum atomic E-state index is -0.357. The quantitative estimate of drug-likeness (QED) is 0.565. The van der Waals surface area contributed by atoms with E-state index in [9.17, 15) is 4.79 Å². The first-order valence-corrected chi connectivity index (χ1v) is 7.32. The molecule has 4 nitrogen and oxygen atoms in total. The van der Waals surface area contributed by atoms with E-state index in [1.165, 1.54) is 7.11 Å². The summed E-state index contributed by atoms with van der Waals surface area (Å²) in [6, 6.07) is 17.4. The van der Waals surface area contributed by atoms with Gasteiger partial charge < -0.3 is 9.72 Å². The fourth-order valence-electron chi connectivity index (χ4n) is 2.88. The monoisotopic (exact) mass is 302 g/mol. The third-order valence-corrected chi connectivity index (χ3v) is 3.99. The largest absolute Gasteiger partial charge is 0.465 e. The number of pyridine rings is 1. The van der Waals surface area contributed by atoms with E-state index in [4.69, 9.17) is 9.72 Å². The Morgan fingerprint density at radius 1 is 1.04 bits per heavy atom. The fraction of sp³-hybridized carbons (Fsp3) is 0.0526. The van der Waals surface area contributed by atoms with E-state index in [-0.39, 0.29) is 5.97 Å². The molecule has 0 fully saturated rings. The molecule has 4 aromatic rings. The van der Waals surface area contributed by atoms with E-state index in [2.05, 4.69) is 4.98 Å². The minimum absolute atomic E-state index is 0.357. The summed E-state index contributed by atoms with van der Waals surface area (Å²) in [5.74, 6) is -0.357. The van der Waals surface area contributed by atoms with Crippen LogP contribution in [0.25, 0.3) is 33.1 Å². The number of ether oxygens (including phenoxy) is 1. The van der Waals surface area contributed by atoms with Crippen molar-refractivity contribution in [1.82, 2.24) is 9.97 Å². The van der Waals surface area contributed by atoms with E-state index in [0.717, 1.165) is 33.1 Å². The smallest absolute Gasteiger partial charge is 0.338 e. The third kappa shape index (κ3) is 2.16. The summed E-state index contributed by atoms with van der Waals surface area (Å²) in [6.45, 7) is 0. The second-order valence-electron chi connectivity index (χ2n) is 5.31. The lowest BCUT2D eigenvalue weighted by Crippen LogP contribution is -2.03. The van der Waals surface area contributed by atoms with Gasteiger partial charge in [-0.2, -0.15) is 0 Å².